The molecule has 0 atom stereocenters. The highest BCUT2D eigenvalue weighted by atomic mass is 32.1. The second-order valence-corrected chi connectivity index (χ2v) is 7.94. The fraction of sp³-hybridized carbons (Fsp3) is 0.350. The van der Waals surface area contributed by atoms with Crippen LogP contribution in [0, 0.1) is 20.8 Å². The summed E-state index contributed by atoms with van der Waals surface area (Å²) in [4.78, 5) is 36.0. The third-order valence-electron chi connectivity index (χ3n) is 5.21. The van der Waals surface area contributed by atoms with Gasteiger partial charge in [-0.1, -0.05) is 5.16 Å². The molecule has 150 valence electrons. The zero-order valence-electron chi connectivity index (χ0n) is 16.5. The highest BCUT2D eigenvalue weighted by molar-refractivity contribution is 7.11. The van der Waals surface area contributed by atoms with Gasteiger partial charge in [0.25, 0.3) is 11.8 Å². The lowest BCUT2D eigenvalue weighted by Gasteiger charge is -2.30. The topological polar surface area (TPSA) is 101 Å². The van der Waals surface area contributed by atoms with Crippen LogP contribution in [-0.4, -0.2) is 38.4 Å². The zero-order chi connectivity index (χ0) is 20.5. The molecule has 0 spiro atoms. The summed E-state index contributed by atoms with van der Waals surface area (Å²) in [7, 11) is 0. The number of hydrogen-bond acceptors (Lipinski definition) is 7. The lowest BCUT2D eigenvalue weighted by Crippen LogP contribution is -2.37. The SMILES string of the molecule is Cc1ncc2c(c1CNC(=O)c1cncs1)CCN(C(=O)c1c(C)noc1C)C2. The summed E-state index contributed by atoms with van der Waals surface area (Å²) in [5, 5.41) is 6.84. The molecule has 0 saturated carbocycles. The Morgan fingerprint density at radius 3 is 2.76 bits per heavy atom. The van der Waals surface area contributed by atoms with Crippen molar-refractivity contribution >= 4 is 23.2 Å². The van der Waals surface area contributed by atoms with Crippen LogP contribution in [0.25, 0.3) is 0 Å². The second kappa shape index (κ2) is 7.75. The number of carbonyl (C=O) groups excluding carboxylic acids is 2. The van der Waals surface area contributed by atoms with Crippen LogP contribution in [0.5, 0.6) is 0 Å². The van der Waals surface area contributed by atoms with Crippen molar-refractivity contribution in [2.75, 3.05) is 6.54 Å². The first kappa shape index (κ1) is 19.3. The summed E-state index contributed by atoms with van der Waals surface area (Å²) in [6, 6.07) is 0. The number of carbonyl (C=O) groups is 2. The van der Waals surface area contributed by atoms with Gasteiger partial charge in [0.05, 0.1) is 17.4 Å². The van der Waals surface area contributed by atoms with Gasteiger partial charge in [0.15, 0.2) is 0 Å². The minimum atomic E-state index is -0.143. The number of aryl methyl sites for hydroxylation is 3. The van der Waals surface area contributed by atoms with Crippen molar-refractivity contribution in [1.29, 1.82) is 0 Å². The average Bonchev–Trinajstić information content (AvgIpc) is 3.36. The van der Waals surface area contributed by atoms with E-state index in [0.29, 0.717) is 47.9 Å². The molecule has 1 aliphatic rings. The molecule has 2 amide bonds. The average molecular weight is 411 g/mol. The Bertz CT molecular complexity index is 1050. The van der Waals surface area contributed by atoms with E-state index in [2.05, 4.69) is 20.4 Å². The minimum Gasteiger partial charge on any atom is -0.361 e. The standard InChI is InChI=1S/C20H21N5O3S/c1-11-16(7-23-19(26)17-8-21-10-29-17)15-4-5-25(9-14(15)6-22-11)20(27)18-12(2)24-28-13(18)3/h6,8,10H,4-5,7,9H2,1-3H3,(H,23,26). The highest BCUT2D eigenvalue weighted by Gasteiger charge is 2.28. The Morgan fingerprint density at radius 1 is 1.24 bits per heavy atom. The normalized spacial score (nSPS) is 13.3. The predicted molar refractivity (Wildman–Crippen MR) is 107 cm³/mol. The number of nitrogens with zero attached hydrogens (tertiary/aromatic N) is 4. The van der Waals surface area contributed by atoms with E-state index in [4.69, 9.17) is 4.52 Å². The van der Waals surface area contributed by atoms with Gasteiger partial charge in [-0.15, -0.1) is 11.3 Å². The van der Waals surface area contributed by atoms with Crippen LogP contribution >= 0.6 is 11.3 Å². The van der Waals surface area contributed by atoms with Crippen LogP contribution in [0.4, 0.5) is 0 Å². The quantitative estimate of drug-likeness (QED) is 0.708. The largest absolute Gasteiger partial charge is 0.361 e. The van der Waals surface area contributed by atoms with Gasteiger partial charge in [0.2, 0.25) is 0 Å². The van der Waals surface area contributed by atoms with Crippen molar-refractivity contribution in [2.45, 2.75) is 40.3 Å². The van der Waals surface area contributed by atoms with E-state index >= 15 is 0 Å². The molecule has 1 aliphatic heterocycles. The third kappa shape index (κ3) is 3.65. The summed E-state index contributed by atoms with van der Waals surface area (Å²) in [5.74, 6) is 0.315. The summed E-state index contributed by atoms with van der Waals surface area (Å²) in [6.07, 6.45) is 4.09. The maximum atomic E-state index is 13.0. The Labute approximate surface area is 172 Å². The van der Waals surface area contributed by atoms with Crippen LogP contribution in [0.3, 0.4) is 0 Å². The number of fused-ring (bicyclic) bond motifs is 1. The van der Waals surface area contributed by atoms with Crippen molar-refractivity contribution in [3.63, 3.8) is 0 Å². The smallest absolute Gasteiger partial charge is 0.263 e. The van der Waals surface area contributed by atoms with Gasteiger partial charge in [-0.2, -0.15) is 0 Å². The molecule has 0 aliphatic carbocycles. The molecule has 1 N–H and O–H groups in total. The monoisotopic (exact) mass is 411 g/mol. The first-order chi connectivity index (χ1) is 14.0. The van der Waals surface area contributed by atoms with Gasteiger partial charge < -0.3 is 14.7 Å². The van der Waals surface area contributed by atoms with Crippen LogP contribution in [-0.2, 0) is 19.5 Å². The lowest BCUT2D eigenvalue weighted by molar-refractivity contribution is 0.0731. The van der Waals surface area contributed by atoms with E-state index in [9.17, 15) is 9.59 Å². The molecule has 0 aromatic carbocycles. The number of hydrogen-bond donors (Lipinski definition) is 1. The Morgan fingerprint density at radius 2 is 2.07 bits per heavy atom. The number of pyridine rings is 1. The summed E-state index contributed by atoms with van der Waals surface area (Å²) >= 11 is 1.31. The number of nitrogens with one attached hydrogen (secondary N) is 1. The van der Waals surface area contributed by atoms with Crippen molar-refractivity contribution in [3.8, 4) is 0 Å². The Kier molecular flexibility index (Phi) is 5.14. The van der Waals surface area contributed by atoms with E-state index in [0.717, 1.165) is 22.4 Å². The van der Waals surface area contributed by atoms with Gasteiger partial charge in [-0.05, 0) is 43.9 Å². The number of thiazole rings is 1. The zero-order valence-corrected chi connectivity index (χ0v) is 17.3. The number of amides is 2. The first-order valence-corrected chi connectivity index (χ1v) is 10.2. The summed E-state index contributed by atoms with van der Waals surface area (Å²) in [6.45, 7) is 6.93. The molecule has 8 nitrogen and oxygen atoms in total. The van der Waals surface area contributed by atoms with E-state index < -0.39 is 0 Å². The molecule has 29 heavy (non-hydrogen) atoms. The molecular weight excluding hydrogens is 390 g/mol. The van der Waals surface area contributed by atoms with Crippen molar-refractivity contribution < 1.29 is 14.1 Å². The maximum absolute atomic E-state index is 13.0. The maximum Gasteiger partial charge on any atom is 0.263 e. The van der Waals surface area contributed by atoms with Crippen LogP contribution in [0.1, 0.15) is 53.9 Å². The van der Waals surface area contributed by atoms with E-state index in [1.165, 1.54) is 11.3 Å². The Hall–Kier alpha value is -3.07. The van der Waals surface area contributed by atoms with Crippen molar-refractivity contribution in [1.82, 2.24) is 25.3 Å². The predicted octanol–water partition coefficient (Wildman–Crippen LogP) is 2.58. The molecule has 0 saturated heterocycles. The Balaban J connectivity index is 1.53. The van der Waals surface area contributed by atoms with Crippen molar-refractivity contribution in [3.05, 3.63) is 62.2 Å². The minimum absolute atomic E-state index is 0.0764. The molecule has 0 unspecified atom stereocenters. The number of rotatable bonds is 4. The fourth-order valence-electron chi connectivity index (χ4n) is 3.66. The molecule has 0 bridgehead atoms. The van der Waals surface area contributed by atoms with E-state index in [1.54, 1.807) is 30.5 Å². The van der Waals surface area contributed by atoms with Gasteiger partial charge in [0, 0.05) is 31.5 Å². The third-order valence-corrected chi connectivity index (χ3v) is 5.98. The molecule has 4 heterocycles. The fourth-order valence-corrected chi connectivity index (χ4v) is 4.20. The van der Waals surface area contributed by atoms with Crippen LogP contribution in [0.15, 0.2) is 22.4 Å². The van der Waals surface area contributed by atoms with Gasteiger partial charge in [0.1, 0.15) is 16.2 Å². The molecule has 0 fully saturated rings. The highest BCUT2D eigenvalue weighted by Crippen LogP contribution is 2.26. The molecule has 9 heteroatoms. The van der Waals surface area contributed by atoms with Crippen LogP contribution in [0.2, 0.25) is 0 Å². The molecule has 0 radical (unpaired) electrons. The van der Waals surface area contributed by atoms with E-state index in [-0.39, 0.29) is 11.8 Å². The molecular formula is C20H21N5O3S. The van der Waals surface area contributed by atoms with Gasteiger partial charge >= 0.3 is 0 Å². The van der Waals surface area contributed by atoms with Crippen LogP contribution < -0.4 is 5.32 Å². The van der Waals surface area contributed by atoms with Gasteiger partial charge in [-0.25, -0.2) is 0 Å². The second-order valence-electron chi connectivity index (χ2n) is 7.05. The molecule has 3 aromatic rings. The van der Waals surface area contributed by atoms with E-state index in [1.807, 2.05) is 13.1 Å². The van der Waals surface area contributed by atoms with Crippen molar-refractivity contribution in [2.24, 2.45) is 0 Å². The summed E-state index contributed by atoms with van der Waals surface area (Å²) < 4.78 is 5.14. The van der Waals surface area contributed by atoms with Gasteiger partial charge in [-0.3, -0.25) is 19.6 Å². The molecule has 3 aromatic heterocycles. The lowest BCUT2D eigenvalue weighted by atomic mass is 9.94. The number of aromatic nitrogens is 3. The molecule has 4 rings (SSSR count). The summed E-state index contributed by atoms with van der Waals surface area (Å²) in [5.41, 5.74) is 6.84. The first-order valence-electron chi connectivity index (χ1n) is 9.30.